The van der Waals surface area contributed by atoms with Gasteiger partial charge in [-0.25, -0.2) is 4.79 Å². The minimum atomic E-state index is -0.602. The summed E-state index contributed by atoms with van der Waals surface area (Å²) >= 11 is 0. The van der Waals surface area contributed by atoms with Crippen LogP contribution in [0.4, 0.5) is 10.5 Å². The van der Waals surface area contributed by atoms with Gasteiger partial charge in [0.1, 0.15) is 17.5 Å². The first-order valence-electron chi connectivity index (χ1n) is 10.5. The molecule has 0 bridgehead atoms. The third kappa shape index (κ3) is 4.69. The third-order valence-corrected chi connectivity index (χ3v) is 5.22. The number of nitrogens with zero attached hydrogens (tertiary/aromatic N) is 1. The molecule has 0 saturated carbocycles. The van der Waals surface area contributed by atoms with E-state index in [0.29, 0.717) is 17.2 Å². The maximum atomic E-state index is 12.3. The molecule has 0 radical (unpaired) electrons. The van der Waals surface area contributed by atoms with Crippen LogP contribution < -0.4 is 20.7 Å². The van der Waals surface area contributed by atoms with Crippen LogP contribution in [-0.2, 0) is 4.79 Å². The zero-order valence-electron chi connectivity index (χ0n) is 17.5. The molecule has 5 rings (SSSR count). The number of rotatable bonds is 6. The van der Waals surface area contributed by atoms with Gasteiger partial charge in [0.25, 0.3) is 0 Å². The SMILES string of the molecule is O=C1NCC(C(=O)Nc2cccc(Oc3ccc4c(/C=C/c5ccccc5)n[nH]c4c3)c2)N1. The van der Waals surface area contributed by atoms with Crippen LogP contribution in [0.2, 0.25) is 0 Å². The van der Waals surface area contributed by atoms with Gasteiger partial charge in [0.2, 0.25) is 5.91 Å². The Morgan fingerprint density at radius 3 is 2.67 bits per heavy atom. The van der Waals surface area contributed by atoms with E-state index in [4.69, 9.17) is 4.74 Å². The molecular formula is C25H21N5O3. The number of carbonyl (C=O) groups is 2. The Kier molecular flexibility index (Phi) is 5.47. The van der Waals surface area contributed by atoms with Gasteiger partial charge in [0, 0.05) is 29.8 Å². The molecular weight excluding hydrogens is 418 g/mol. The summed E-state index contributed by atoms with van der Waals surface area (Å²) in [5, 5.41) is 16.3. The molecule has 4 N–H and O–H groups in total. The molecule has 3 amide bonds. The van der Waals surface area contributed by atoms with Crippen LogP contribution in [-0.4, -0.2) is 34.7 Å². The Hall–Kier alpha value is -4.59. The number of hydrogen-bond acceptors (Lipinski definition) is 4. The number of urea groups is 1. The Bertz CT molecular complexity index is 1350. The van der Waals surface area contributed by atoms with Crippen molar-refractivity contribution in [1.82, 2.24) is 20.8 Å². The molecule has 4 aromatic rings. The lowest BCUT2D eigenvalue weighted by Gasteiger charge is -2.11. The largest absolute Gasteiger partial charge is 0.457 e. The number of benzene rings is 3. The summed E-state index contributed by atoms with van der Waals surface area (Å²) in [7, 11) is 0. The van der Waals surface area contributed by atoms with Crippen LogP contribution in [0.15, 0.2) is 72.8 Å². The topological polar surface area (TPSA) is 108 Å². The fraction of sp³-hybridized carbons (Fsp3) is 0.0800. The summed E-state index contributed by atoms with van der Waals surface area (Å²) in [5.74, 6) is 0.922. The Morgan fingerprint density at radius 1 is 1.00 bits per heavy atom. The summed E-state index contributed by atoms with van der Waals surface area (Å²) in [6, 6.07) is 21.9. The summed E-state index contributed by atoms with van der Waals surface area (Å²) in [5.41, 5.74) is 3.38. The Morgan fingerprint density at radius 2 is 1.85 bits per heavy atom. The number of nitrogens with one attached hydrogen (secondary N) is 4. The van der Waals surface area contributed by atoms with Gasteiger partial charge in [0.05, 0.1) is 11.2 Å². The van der Waals surface area contributed by atoms with E-state index in [1.807, 2.05) is 60.7 Å². The molecule has 1 aromatic heterocycles. The number of H-pyrrole nitrogens is 1. The molecule has 0 aliphatic carbocycles. The predicted molar refractivity (Wildman–Crippen MR) is 127 cm³/mol. The fourth-order valence-corrected chi connectivity index (χ4v) is 3.57. The van der Waals surface area contributed by atoms with Crippen LogP contribution in [0.5, 0.6) is 11.5 Å². The second-order valence-corrected chi connectivity index (χ2v) is 7.59. The molecule has 8 nitrogen and oxygen atoms in total. The molecule has 3 aromatic carbocycles. The van der Waals surface area contributed by atoms with Crippen molar-refractivity contribution in [1.29, 1.82) is 0 Å². The van der Waals surface area contributed by atoms with Crippen LogP contribution >= 0.6 is 0 Å². The molecule has 1 fully saturated rings. The smallest absolute Gasteiger partial charge is 0.315 e. The number of anilines is 1. The fourth-order valence-electron chi connectivity index (χ4n) is 3.57. The number of ether oxygens (including phenoxy) is 1. The molecule has 8 heteroatoms. The summed E-state index contributed by atoms with van der Waals surface area (Å²) in [6.45, 7) is 0.258. The molecule has 1 aliphatic heterocycles. The van der Waals surface area contributed by atoms with Crippen molar-refractivity contribution in [2.75, 3.05) is 11.9 Å². The number of aromatic amines is 1. The van der Waals surface area contributed by atoms with E-state index in [1.54, 1.807) is 24.3 Å². The van der Waals surface area contributed by atoms with Crippen molar-refractivity contribution in [3.05, 3.63) is 84.1 Å². The van der Waals surface area contributed by atoms with Gasteiger partial charge in [-0.1, -0.05) is 42.5 Å². The van der Waals surface area contributed by atoms with Gasteiger partial charge in [0.15, 0.2) is 0 Å². The number of fused-ring (bicyclic) bond motifs is 1. The molecule has 33 heavy (non-hydrogen) atoms. The molecule has 1 saturated heterocycles. The van der Waals surface area contributed by atoms with E-state index < -0.39 is 6.04 Å². The molecule has 0 spiro atoms. The molecule has 2 heterocycles. The number of hydrogen-bond donors (Lipinski definition) is 4. The van der Waals surface area contributed by atoms with Gasteiger partial charge in [-0.05, 0) is 35.9 Å². The van der Waals surface area contributed by atoms with Crippen LogP contribution in [0.3, 0.4) is 0 Å². The lowest BCUT2D eigenvalue weighted by atomic mass is 10.1. The molecule has 164 valence electrons. The quantitative estimate of drug-likeness (QED) is 0.362. The van der Waals surface area contributed by atoms with E-state index in [2.05, 4.69) is 26.1 Å². The maximum absolute atomic E-state index is 12.3. The molecule has 1 aliphatic rings. The standard InChI is InChI=1S/C25H21N5O3/c31-24(23-15-26-25(32)28-23)27-17-7-4-8-18(13-17)33-19-10-11-20-21(29-30-22(20)14-19)12-9-16-5-2-1-3-6-16/h1-14,23H,15H2,(H,27,31)(H,29,30)(H2,26,28,32)/b12-9+. The number of carbonyl (C=O) groups excluding carboxylic acids is 2. The first kappa shape index (κ1) is 20.3. The van der Waals surface area contributed by atoms with Gasteiger partial charge in [-0.2, -0.15) is 5.10 Å². The predicted octanol–water partition coefficient (Wildman–Crippen LogP) is 4.15. The van der Waals surface area contributed by atoms with E-state index >= 15 is 0 Å². The zero-order valence-corrected chi connectivity index (χ0v) is 17.5. The maximum Gasteiger partial charge on any atom is 0.315 e. The van der Waals surface area contributed by atoms with Crippen molar-refractivity contribution < 1.29 is 14.3 Å². The zero-order chi connectivity index (χ0) is 22.6. The second-order valence-electron chi connectivity index (χ2n) is 7.59. The van der Waals surface area contributed by atoms with Gasteiger partial charge in [-0.15, -0.1) is 0 Å². The normalized spacial score (nSPS) is 15.4. The highest BCUT2D eigenvalue weighted by Gasteiger charge is 2.26. The minimum absolute atomic E-state index is 0.258. The van der Waals surface area contributed by atoms with Crippen molar-refractivity contribution >= 4 is 40.7 Å². The number of amides is 3. The summed E-state index contributed by atoms with van der Waals surface area (Å²) in [4.78, 5) is 23.5. The first-order valence-corrected chi connectivity index (χ1v) is 10.5. The highest BCUT2D eigenvalue weighted by Crippen LogP contribution is 2.28. The monoisotopic (exact) mass is 439 g/mol. The van der Waals surface area contributed by atoms with Crippen LogP contribution in [0.25, 0.3) is 23.1 Å². The average Bonchev–Trinajstić information content (AvgIpc) is 3.44. The van der Waals surface area contributed by atoms with Crippen molar-refractivity contribution in [3.63, 3.8) is 0 Å². The first-order chi connectivity index (χ1) is 16.1. The Balaban J connectivity index is 1.28. The van der Waals surface area contributed by atoms with Crippen LogP contribution in [0, 0.1) is 0 Å². The average molecular weight is 439 g/mol. The van der Waals surface area contributed by atoms with E-state index in [-0.39, 0.29) is 18.5 Å². The van der Waals surface area contributed by atoms with Crippen molar-refractivity contribution in [2.45, 2.75) is 6.04 Å². The molecule has 1 atom stereocenters. The van der Waals surface area contributed by atoms with Crippen molar-refractivity contribution in [2.24, 2.45) is 0 Å². The van der Waals surface area contributed by atoms with Crippen LogP contribution in [0.1, 0.15) is 11.3 Å². The van der Waals surface area contributed by atoms with Gasteiger partial charge < -0.3 is 20.7 Å². The van der Waals surface area contributed by atoms with E-state index in [1.165, 1.54) is 0 Å². The van der Waals surface area contributed by atoms with Gasteiger partial charge >= 0.3 is 6.03 Å². The molecule has 1 unspecified atom stereocenters. The minimum Gasteiger partial charge on any atom is -0.457 e. The second kappa shape index (κ2) is 8.88. The van der Waals surface area contributed by atoms with E-state index in [9.17, 15) is 9.59 Å². The van der Waals surface area contributed by atoms with E-state index in [0.717, 1.165) is 22.2 Å². The highest BCUT2D eigenvalue weighted by molar-refractivity contribution is 5.99. The lowest BCUT2D eigenvalue weighted by molar-refractivity contribution is -0.117. The van der Waals surface area contributed by atoms with Crippen molar-refractivity contribution in [3.8, 4) is 11.5 Å². The third-order valence-electron chi connectivity index (χ3n) is 5.22. The number of aromatic nitrogens is 2. The summed E-state index contributed by atoms with van der Waals surface area (Å²) < 4.78 is 5.99. The highest BCUT2D eigenvalue weighted by atomic mass is 16.5. The lowest BCUT2D eigenvalue weighted by Crippen LogP contribution is -2.38. The Labute approximate surface area is 189 Å². The summed E-state index contributed by atoms with van der Waals surface area (Å²) in [6.07, 6.45) is 4.00. The van der Waals surface area contributed by atoms with Gasteiger partial charge in [-0.3, -0.25) is 9.89 Å².